The molecule has 0 atom stereocenters. The Morgan fingerprint density at radius 2 is 2.00 bits per heavy atom. The first kappa shape index (κ1) is 12.5. The topological polar surface area (TPSA) is 86.3 Å². The van der Waals surface area contributed by atoms with E-state index >= 15 is 0 Å². The highest BCUT2D eigenvalue weighted by Crippen LogP contribution is 2.15. The monoisotopic (exact) mass is 282 g/mol. The maximum Gasteiger partial charge on any atom is 0.334 e. The van der Waals surface area contributed by atoms with E-state index in [1.165, 1.54) is 6.07 Å². The normalized spacial score (nSPS) is 10.1. The fourth-order valence-electron chi connectivity index (χ4n) is 1.29. The van der Waals surface area contributed by atoms with E-state index in [2.05, 4.69) is 10.3 Å². The highest BCUT2D eigenvalue weighted by Gasteiger charge is 2.11. The zero-order chi connectivity index (χ0) is 13.1. The number of aromatic amines is 1. The van der Waals surface area contributed by atoms with Gasteiger partial charge in [0.05, 0.1) is 6.07 Å². The number of anilines is 2. The van der Waals surface area contributed by atoms with Crippen molar-refractivity contribution in [3.8, 4) is 0 Å². The van der Waals surface area contributed by atoms with Crippen molar-refractivity contribution in [2.45, 2.75) is 0 Å². The summed E-state index contributed by atoms with van der Waals surface area (Å²) in [6.45, 7) is 0. The van der Waals surface area contributed by atoms with Crippen LogP contribution in [0, 0.1) is 0 Å². The lowest BCUT2D eigenvalue weighted by Gasteiger charge is -2.03. The number of carbonyl (C=O) groups is 1. The Morgan fingerprint density at radius 3 is 2.61 bits per heavy atom. The minimum Gasteiger partial charge on any atom is -0.321 e. The van der Waals surface area contributed by atoms with Crippen LogP contribution in [-0.2, 0) is 0 Å². The van der Waals surface area contributed by atoms with Gasteiger partial charge < -0.3 is 5.32 Å². The second kappa shape index (κ2) is 5.16. The highest BCUT2D eigenvalue weighted by molar-refractivity contribution is 7.16. The SMILES string of the molecule is Nc1[nH+]c(=O)cc(C(=O)Nc2ccc(Cl)cc2)s1. The molecule has 0 radical (unpaired) electrons. The van der Waals surface area contributed by atoms with E-state index in [-0.39, 0.29) is 15.9 Å². The van der Waals surface area contributed by atoms with Gasteiger partial charge in [0.1, 0.15) is 4.88 Å². The summed E-state index contributed by atoms with van der Waals surface area (Å²) < 4.78 is 0. The molecule has 92 valence electrons. The van der Waals surface area contributed by atoms with E-state index in [0.29, 0.717) is 10.7 Å². The minimum atomic E-state index is -0.410. The van der Waals surface area contributed by atoms with Gasteiger partial charge in [0.25, 0.3) is 5.91 Å². The van der Waals surface area contributed by atoms with Crippen LogP contribution in [0.1, 0.15) is 9.67 Å². The first-order valence-electron chi connectivity index (χ1n) is 4.94. The number of halogens is 1. The molecule has 0 spiro atoms. The number of benzene rings is 1. The van der Waals surface area contributed by atoms with E-state index in [9.17, 15) is 9.59 Å². The lowest BCUT2D eigenvalue weighted by Crippen LogP contribution is -2.29. The average Bonchev–Trinajstić information content (AvgIpc) is 2.31. The Morgan fingerprint density at radius 1 is 1.33 bits per heavy atom. The molecule has 0 saturated carbocycles. The second-order valence-corrected chi connectivity index (χ2v) is 4.95. The third kappa shape index (κ3) is 3.06. The van der Waals surface area contributed by atoms with Gasteiger partial charge in [-0.1, -0.05) is 11.6 Å². The fraction of sp³-hybridized carbons (Fsp3) is 0. The van der Waals surface area contributed by atoms with Gasteiger partial charge >= 0.3 is 10.7 Å². The van der Waals surface area contributed by atoms with Crippen molar-refractivity contribution >= 4 is 39.7 Å². The molecule has 0 fully saturated rings. The van der Waals surface area contributed by atoms with Crippen molar-refractivity contribution in [2.24, 2.45) is 0 Å². The molecular weight excluding hydrogens is 274 g/mol. The molecule has 0 aliphatic heterocycles. The maximum absolute atomic E-state index is 11.9. The number of nitrogen functional groups attached to an aromatic ring is 1. The molecule has 7 heteroatoms. The molecule has 5 nitrogen and oxygen atoms in total. The molecule has 2 aromatic rings. The summed E-state index contributed by atoms with van der Waals surface area (Å²) in [6, 6.07) is 7.86. The highest BCUT2D eigenvalue weighted by atomic mass is 35.5. The Hall–Kier alpha value is -1.92. The van der Waals surface area contributed by atoms with Gasteiger partial charge in [-0.3, -0.25) is 10.5 Å². The van der Waals surface area contributed by atoms with E-state index in [1.807, 2.05) is 0 Å². The summed E-state index contributed by atoms with van der Waals surface area (Å²) in [5.41, 5.74) is 5.66. The smallest absolute Gasteiger partial charge is 0.321 e. The van der Waals surface area contributed by atoms with E-state index in [0.717, 1.165) is 11.3 Å². The number of aromatic nitrogens is 1. The molecule has 1 aromatic carbocycles. The number of nitrogens with two attached hydrogens (primary N) is 1. The van der Waals surface area contributed by atoms with Gasteiger partial charge in [-0.15, -0.1) is 0 Å². The summed E-state index contributed by atoms with van der Waals surface area (Å²) in [5.74, 6) is -0.389. The Kier molecular flexibility index (Phi) is 3.59. The summed E-state index contributed by atoms with van der Waals surface area (Å²) in [6.07, 6.45) is 0. The first-order chi connectivity index (χ1) is 8.54. The van der Waals surface area contributed by atoms with Gasteiger partial charge in [-0.25, -0.2) is 4.79 Å². The predicted molar refractivity (Wildman–Crippen MR) is 71.0 cm³/mol. The number of hydrogen-bond donors (Lipinski definition) is 2. The zero-order valence-corrected chi connectivity index (χ0v) is 10.6. The minimum absolute atomic E-state index is 0.184. The molecule has 0 unspecified atom stereocenters. The Bertz CT molecular complexity index is 639. The van der Waals surface area contributed by atoms with Crippen molar-refractivity contribution < 1.29 is 9.78 Å². The number of carbonyl (C=O) groups excluding carboxylic acids is 1. The largest absolute Gasteiger partial charge is 0.334 e. The van der Waals surface area contributed by atoms with Crippen LogP contribution in [0.15, 0.2) is 35.1 Å². The van der Waals surface area contributed by atoms with Gasteiger partial charge in [0, 0.05) is 10.7 Å². The first-order valence-corrected chi connectivity index (χ1v) is 6.14. The lowest BCUT2D eigenvalue weighted by molar-refractivity contribution is -0.375. The van der Waals surface area contributed by atoms with Crippen LogP contribution in [0.2, 0.25) is 5.02 Å². The van der Waals surface area contributed by atoms with Crippen LogP contribution in [0.3, 0.4) is 0 Å². The summed E-state index contributed by atoms with van der Waals surface area (Å²) in [7, 11) is 0. The molecule has 0 bridgehead atoms. The lowest BCUT2D eigenvalue weighted by atomic mass is 10.3. The summed E-state index contributed by atoms with van der Waals surface area (Å²) in [4.78, 5) is 25.7. The van der Waals surface area contributed by atoms with E-state index in [1.54, 1.807) is 24.3 Å². The standard InChI is InChI=1S/C11H8ClN3O2S/c12-6-1-3-7(4-2-6)14-10(17)8-5-9(16)15-11(13)18-8/h1-5H,(H,14,17)(H2,13,15,16)/p+1. The molecule has 0 aliphatic rings. The zero-order valence-electron chi connectivity index (χ0n) is 9.07. The number of amides is 1. The molecule has 18 heavy (non-hydrogen) atoms. The summed E-state index contributed by atoms with van der Waals surface area (Å²) >= 11 is 6.74. The van der Waals surface area contributed by atoms with Crippen molar-refractivity contribution in [3.05, 3.63) is 50.6 Å². The molecule has 2 rings (SSSR count). The Labute approximate surface area is 111 Å². The van der Waals surface area contributed by atoms with Crippen LogP contribution in [0.4, 0.5) is 10.8 Å². The average molecular weight is 283 g/mol. The molecule has 0 saturated heterocycles. The molecule has 1 heterocycles. The van der Waals surface area contributed by atoms with Crippen LogP contribution in [0.25, 0.3) is 0 Å². The van der Waals surface area contributed by atoms with Crippen LogP contribution < -0.4 is 21.6 Å². The van der Waals surface area contributed by atoms with Gasteiger partial charge in [0.2, 0.25) is 0 Å². The Balaban J connectivity index is 2.21. The van der Waals surface area contributed by atoms with Crippen LogP contribution >= 0.6 is 22.9 Å². The molecule has 1 aromatic heterocycles. The summed E-state index contributed by atoms with van der Waals surface area (Å²) in [5, 5.41) is 3.41. The van der Waals surface area contributed by atoms with Crippen molar-refractivity contribution in [3.63, 3.8) is 0 Å². The second-order valence-electron chi connectivity index (χ2n) is 3.43. The quantitative estimate of drug-likeness (QED) is 0.873. The van der Waals surface area contributed by atoms with Gasteiger partial charge in [0.15, 0.2) is 0 Å². The van der Waals surface area contributed by atoms with Crippen molar-refractivity contribution in [1.29, 1.82) is 0 Å². The van der Waals surface area contributed by atoms with E-state index in [4.69, 9.17) is 17.3 Å². The van der Waals surface area contributed by atoms with E-state index < -0.39 is 5.56 Å². The van der Waals surface area contributed by atoms with Crippen molar-refractivity contribution in [1.82, 2.24) is 0 Å². The maximum atomic E-state index is 11.9. The van der Waals surface area contributed by atoms with Crippen LogP contribution in [0.5, 0.6) is 0 Å². The third-order valence-electron chi connectivity index (χ3n) is 2.05. The number of rotatable bonds is 2. The van der Waals surface area contributed by atoms with Crippen molar-refractivity contribution in [2.75, 3.05) is 11.1 Å². The van der Waals surface area contributed by atoms with Gasteiger partial charge in [-0.2, -0.15) is 4.98 Å². The number of nitrogens with one attached hydrogen (secondary N) is 2. The number of H-pyrrole nitrogens is 1. The van der Waals surface area contributed by atoms with Gasteiger partial charge in [-0.05, 0) is 35.6 Å². The molecule has 1 amide bonds. The fourth-order valence-corrected chi connectivity index (χ4v) is 2.11. The predicted octanol–water partition coefficient (Wildman–Crippen LogP) is 1.41. The third-order valence-corrected chi connectivity index (χ3v) is 3.15. The molecular formula is C11H9ClN3O2S+. The number of hydrogen-bond acceptors (Lipinski definition) is 4. The van der Waals surface area contributed by atoms with Crippen LogP contribution in [-0.4, -0.2) is 5.91 Å². The molecule has 0 aliphatic carbocycles. The molecule has 4 N–H and O–H groups in total.